The molecule has 0 aliphatic heterocycles. The van der Waals surface area contributed by atoms with Crippen LogP contribution in [0.2, 0.25) is 0 Å². The van der Waals surface area contributed by atoms with E-state index in [2.05, 4.69) is 13.2 Å². The van der Waals surface area contributed by atoms with E-state index in [4.69, 9.17) is 14.2 Å². The first-order chi connectivity index (χ1) is 26.5. The Labute approximate surface area is 333 Å². The van der Waals surface area contributed by atoms with E-state index in [0.29, 0.717) is 74.5 Å². The lowest BCUT2D eigenvalue weighted by molar-refractivity contribution is -0.152. The minimum atomic E-state index is -0.952. The summed E-state index contributed by atoms with van der Waals surface area (Å²) in [5, 5.41) is 20.7. The Bertz CT molecular complexity index is 2170. The predicted octanol–water partition coefficient (Wildman–Crippen LogP) is 6.93. The standard InChI is InChI=1S/C46H54O11/c1-20-32(47)36(26-11-23-13-41(3,38(51)52)16-28(23)44(20,26)6)56-39(53)42(4)15-24-12-27-37(33(48)21(2)45(27,7)29(24)17-42)57-40(54)43(5)14-22-10-25-34(49)35(50)31(19-55-9)46(25,8)30(22)18-43/h22-25,28-30,50H,1-2,10-19H2,3-9H3,(H,51,52)/t22-,23-,24-,25-,28+,29+,30+,41-,42-,43-,44+,45+,46+/m0/s1. The largest absolute Gasteiger partial charge is 0.504 e. The molecule has 0 saturated heterocycles. The van der Waals surface area contributed by atoms with Gasteiger partial charge in [0, 0.05) is 46.0 Å². The molecular weight excluding hydrogens is 728 g/mol. The monoisotopic (exact) mass is 782 g/mol. The SMILES string of the molecule is C=C1C(=O)C(OC(=O)[C@@]2(C)C[C@@H]3CC4=C(OC(=O)[C@@]5(C)C[C@@H]6C[C@H]7C(=O)C(O)=C(COC)[C@@]7(C)[C@@H]6C5)C(=O)C(=C)[C@@]4(C)[C@@H]3C2)=C2C[C@H]3C[C@](C)(C(=O)O)C[C@H]3[C@]12C. The van der Waals surface area contributed by atoms with Crippen molar-refractivity contribution >= 4 is 35.3 Å². The van der Waals surface area contributed by atoms with Crippen LogP contribution in [-0.2, 0) is 43.0 Å². The molecule has 6 fully saturated rings. The highest BCUT2D eigenvalue weighted by Crippen LogP contribution is 2.71. The highest BCUT2D eigenvalue weighted by molar-refractivity contribution is 6.14. The molecule has 0 aromatic rings. The van der Waals surface area contributed by atoms with Gasteiger partial charge in [0.1, 0.15) is 0 Å². The fourth-order valence-corrected chi connectivity index (χ4v) is 14.7. The lowest BCUT2D eigenvalue weighted by atomic mass is 9.69. The van der Waals surface area contributed by atoms with Crippen molar-refractivity contribution in [2.24, 2.45) is 73.9 Å². The Kier molecular flexibility index (Phi) is 7.77. The molecule has 304 valence electrons. The minimum absolute atomic E-state index is 0.0188. The highest BCUT2D eigenvalue weighted by atomic mass is 16.5. The number of aliphatic hydroxyl groups excluding tert-OH is 1. The van der Waals surface area contributed by atoms with E-state index in [1.54, 1.807) is 6.92 Å². The third kappa shape index (κ3) is 4.53. The van der Waals surface area contributed by atoms with Crippen molar-refractivity contribution in [1.82, 2.24) is 0 Å². The second kappa shape index (κ2) is 11.5. The maximum Gasteiger partial charge on any atom is 0.317 e. The number of ketones is 3. The lowest BCUT2D eigenvalue weighted by Crippen LogP contribution is -2.34. The summed E-state index contributed by atoms with van der Waals surface area (Å²) in [6.45, 7) is 19.9. The zero-order valence-corrected chi connectivity index (χ0v) is 34.1. The first-order valence-electron chi connectivity index (χ1n) is 20.6. The summed E-state index contributed by atoms with van der Waals surface area (Å²) in [4.78, 5) is 81.2. The van der Waals surface area contributed by atoms with Gasteiger partial charge in [0.15, 0.2) is 17.3 Å². The van der Waals surface area contributed by atoms with Crippen LogP contribution in [0.1, 0.15) is 99.3 Å². The summed E-state index contributed by atoms with van der Waals surface area (Å²) in [5.74, 6) is -3.46. The average Bonchev–Trinajstić information content (AvgIpc) is 4.02. The molecule has 9 aliphatic rings. The molecule has 0 bridgehead atoms. The van der Waals surface area contributed by atoms with Gasteiger partial charge in [-0.1, -0.05) is 33.9 Å². The molecule has 9 rings (SSSR count). The van der Waals surface area contributed by atoms with Gasteiger partial charge in [0.05, 0.1) is 22.9 Å². The molecule has 9 aliphatic carbocycles. The van der Waals surface area contributed by atoms with E-state index >= 15 is 0 Å². The van der Waals surface area contributed by atoms with Gasteiger partial charge in [-0.25, -0.2) is 0 Å². The average molecular weight is 783 g/mol. The summed E-state index contributed by atoms with van der Waals surface area (Å²) in [6, 6.07) is 0. The van der Waals surface area contributed by atoms with E-state index in [-0.39, 0.29) is 71.1 Å². The number of allylic oxidation sites excluding steroid dienone is 5. The molecule has 0 heterocycles. The van der Waals surface area contributed by atoms with Crippen molar-refractivity contribution in [2.45, 2.75) is 99.3 Å². The number of methoxy groups -OCH3 is 1. The third-order valence-corrected chi connectivity index (χ3v) is 18.0. The number of carboxylic acid groups (broad SMARTS) is 1. The minimum Gasteiger partial charge on any atom is -0.504 e. The van der Waals surface area contributed by atoms with Crippen LogP contribution in [0.15, 0.2) is 58.3 Å². The molecule has 11 heteroatoms. The van der Waals surface area contributed by atoms with Crippen molar-refractivity contribution in [1.29, 1.82) is 0 Å². The molecule has 6 saturated carbocycles. The lowest BCUT2D eigenvalue weighted by Gasteiger charge is -2.34. The number of ether oxygens (including phenoxy) is 3. The first-order valence-corrected chi connectivity index (χ1v) is 20.6. The van der Waals surface area contributed by atoms with Crippen molar-refractivity contribution in [3.8, 4) is 0 Å². The van der Waals surface area contributed by atoms with Gasteiger partial charge in [0.25, 0.3) is 0 Å². The fraction of sp³-hybridized carbons (Fsp3) is 0.652. The van der Waals surface area contributed by atoms with Crippen molar-refractivity contribution < 1.29 is 53.2 Å². The third-order valence-electron chi connectivity index (χ3n) is 18.0. The molecule has 0 aromatic heterocycles. The van der Waals surface area contributed by atoms with Gasteiger partial charge in [-0.3, -0.25) is 28.8 Å². The quantitative estimate of drug-likeness (QED) is 0.203. The van der Waals surface area contributed by atoms with E-state index in [1.165, 1.54) is 7.11 Å². The molecule has 0 spiro atoms. The van der Waals surface area contributed by atoms with E-state index in [9.17, 15) is 39.0 Å². The number of aliphatic carboxylic acids is 1. The molecule has 2 N–H and O–H groups in total. The fourth-order valence-electron chi connectivity index (χ4n) is 14.7. The van der Waals surface area contributed by atoms with Crippen LogP contribution in [0, 0.1) is 73.9 Å². The van der Waals surface area contributed by atoms with Crippen LogP contribution in [0.25, 0.3) is 0 Å². The zero-order valence-electron chi connectivity index (χ0n) is 34.1. The van der Waals surface area contributed by atoms with Crippen LogP contribution in [-0.4, -0.2) is 59.2 Å². The number of carbonyl (C=O) groups excluding carboxylic acids is 5. The molecule has 0 radical (unpaired) electrons. The van der Waals surface area contributed by atoms with Crippen LogP contribution in [0.4, 0.5) is 0 Å². The highest BCUT2D eigenvalue weighted by Gasteiger charge is 2.69. The molecule has 11 nitrogen and oxygen atoms in total. The zero-order chi connectivity index (χ0) is 41.3. The molecule has 13 atom stereocenters. The number of carboxylic acids is 1. The topological polar surface area (TPSA) is 171 Å². The van der Waals surface area contributed by atoms with Crippen molar-refractivity contribution in [3.63, 3.8) is 0 Å². The van der Waals surface area contributed by atoms with Crippen LogP contribution >= 0.6 is 0 Å². The van der Waals surface area contributed by atoms with Crippen molar-refractivity contribution in [2.75, 3.05) is 13.7 Å². The van der Waals surface area contributed by atoms with Crippen LogP contribution in [0.3, 0.4) is 0 Å². The molecule has 0 unspecified atom stereocenters. The van der Waals surface area contributed by atoms with E-state index in [1.807, 2.05) is 34.6 Å². The van der Waals surface area contributed by atoms with Gasteiger partial charge in [-0.05, 0) is 125 Å². The van der Waals surface area contributed by atoms with E-state index in [0.717, 1.165) is 11.1 Å². The Morgan fingerprint density at radius 3 is 1.60 bits per heavy atom. The van der Waals surface area contributed by atoms with Crippen LogP contribution in [0.5, 0.6) is 0 Å². The smallest absolute Gasteiger partial charge is 0.317 e. The number of aliphatic hydroxyl groups is 1. The Morgan fingerprint density at radius 2 is 1.12 bits per heavy atom. The number of hydrogen-bond donors (Lipinski definition) is 2. The molecule has 57 heavy (non-hydrogen) atoms. The van der Waals surface area contributed by atoms with Gasteiger partial charge in [-0.15, -0.1) is 0 Å². The Morgan fingerprint density at radius 1 is 0.684 bits per heavy atom. The van der Waals surface area contributed by atoms with E-state index < -0.39 is 62.0 Å². The predicted molar refractivity (Wildman–Crippen MR) is 203 cm³/mol. The molecule has 0 aromatic carbocycles. The number of fused-ring (bicyclic) bond motifs is 9. The molecule has 0 amide bonds. The second-order valence-corrected chi connectivity index (χ2v) is 20.8. The number of esters is 2. The first kappa shape index (κ1) is 38.4. The van der Waals surface area contributed by atoms with Gasteiger partial charge in [0.2, 0.25) is 17.3 Å². The molecular formula is C46H54O11. The number of carbonyl (C=O) groups is 6. The maximum absolute atomic E-state index is 14.2. The maximum atomic E-state index is 14.2. The number of hydrogen-bond acceptors (Lipinski definition) is 10. The van der Waals surface area contributed by atoms with Crippen LogP contribution < -0.4 is 0 Å². The Balaban J connectivity index is 0.923. The van der Waals surface area contributed by atoms with Crippen molar-refractivity contribution in [3.05, 3.63) is 58.3 Å². The summed E-state index contributed by atoms with van der Waals surface area (Å²) in [5.41, 5.74) is -2.12. The summed E-state index contributed by atoms with van der Waals surface area (Å²) < 4.78 is 17.7. The normalized spacial score (nSPS) is 46.6. The van der Waals surface area contributed by atoms with Gasteiger partial charge < -0.3 is 24.4 Å². The second-order valence-electron chi connectivity index (χ2n) is 20.8. The summed E-state index contributed by atoms with van der Waals surface area (Å²) >= 11 is 0. The van der Waals surface area contributed by atoms with Gasteiger partial charge >= 0.3 is 17.9 Å². The number of Topliss-reactive ketones (excluding diaryl/α,β-unsaturated/α-hetero) is 3. The number of rotatable bonds is 7. The summed E-state index contributed by atoms with van der Waals surface area (Å²) in [6.07, 6.45) is 4.25. The summed E-state index contributed by atoms with van der Waals surface area (Å²) in [7, 11) is 1.53. The van der Waals surface area contributed by atoms with Gasteiger partial charge in [-0.2, -0.15) is 0 Å². The Hall–Kier alpha value is -4.12.